The van der Waals surface area contributed by atoms with Crippen molar-refractivity contribution in [1.29, 1.82) is 0 Å². The van der Waals surface area contributed by atoms with Crippen molar-refractivity contribution in [2.75, 3.05) is 0 Å². The standard InChI is InChI=1S/C9H6O6.3C4H11N/c10-7(11)4-1-5(8(12)13)3-6(2-4)9(14)15;3*1-4(2,3)5/h1-3H,(H,10,11)(H,12,13)(H,14,15);3*5H2,1-3H3. The lowest BCUT2D eigenvalue weighted by Gasteiger charge is -2.06. The minimum Gasteiger partial charge on any atom is -0.478 e. The number of nitrogens with two attached hydrogens (primary N) is 3. The van der Waals surface area contributed by atoms with Crippen molar-refractivity contribution in [1.82, 2.24) is 0 Å². The van der Waals surface area contributed by atoms with Gasteiger partial charge in [0.2, 0.25) is 0 Å². The zero-order chi connectivity index (χ0) is 25.1. The Bertz CT molecular complexity index is 571. The van der Waals surface area contributed by atoms with Crippen molar-refractivity contribution in [3.05, 3.63) is 34.9 Å². The summed E-state index contributed by atoms with van der Waals surface area (Å²) in [5.74, 6) is -4.12. The molecule has 0 radical (unpaired) electrons. The third-order valence-electron chi connectivity index (χ3n) is 1.67. The van der Waals surface area contributed by atoms with Gasteiger partial charge in [0.1, 0.15) is 0 Å². The molecule has 0 unspecified atom stereocenters. The molecular formula is C21H39N3O6. The Morgan fingerprint density at radius 1 is 0.533 bits per heavy atom. The van der Waals surface area contributed by atoms with Crippen LogP contribution in [0.25, 0.3) is 0 Å². The van der Waals surface area contributed by atoms with Crippen LogP contribution in [-0.4, -0.2) is 49.8 Å². The third-order valence-corrected chi connectivity index (χ3v) is 1.67. The first-order chi connectivity index (χ1) is 12.9. The maximum Gasteiger partial charge on any atom is 0.335 e. The molecule has 1 aromatic rings. The van der Waals surface area contributed by atoms with E-state index < -0.39 is 17.9 Å². The van der Waals surface area contributed by atoms with E-state index in [1.807, 2.05) is 62.3 Å². The summed E-state index contributed by atoms with van der Waals surface area (Å²) in [5, 5.41) is 25.8. The molecule has 0 bridgehead atoms. The van der Waals surface area contributed by atoms with E-state index in [9.17, 15) is 14.4 Å². The van der Waals surface area contributed by atoms with E-state index in [-0.39, 0.29) is 33.3 Å². The minimum atomic E-state index is -1.37. The van der Waals surface area contributed by atoms with E-state index in [0.29, 0.717) is 0 Å². The second-order valence-corrected chi connectivity index (χ2v) is 9.81. The molecule has 1 aromatic carbocycles. The molecule has 1 rings (SSSR count). The van der Waals surface area contributed by atoms with Crippen LogP contribution in [-0.2, 0) is 0 Å². The highest BCUT2D eigenvalue weighted by atomic mass is 16.4. The van der Waals surface area contributed by atoms with E-state index in [4.69, 9.17) is 32.5 Å². The fraction of sp³-hybridized carbons (Fsp3) is 0.571. The maximum atomic E-state index is 10.6. The number of aromatic carboxylic acids is 3. The smallest absolute Gasteiger partial charge is 0.335 e. The van der Waals surface area contributed by atoms with E-state index in [2.05, 4.69) is 0 Å². The Balaban J connectivity index is -0.000000400. The molecule has 0 aliphatic carbocycles. The molecule has 0 spiro atoms. The Labute approximate surface area is 179 Å². The van der Waals surface area contributed by atoms with Gasteiger partial charge >= 0.3 is 17.9 Å². The molecular weight excluding hydrogens is 390 g/mol. The summed E-state index contributed by atoms with van der Waals surface area (Å²) < 4.78 is 0. The summed E-state index contributed by atoms with van der Waals surface area (Å²) in [4.78, 5) is 31.7. The highest BCUT2D eigenvalue weighted by Gasteiger charge is 2.14. The molecule has 0 heterocycles. The quantitative estimate of drug-likeness (QED) is 0.419. The summed E-state index contributed by atoms with van der Waals surface area (Å²) in [6, 6.07) is 2.70. The van der Waals surface area contributed by atoms with Crippen molar-refractivity contribution in [3.8, 4) is 0 Å². The third kappa shape index (κ3) is 33.1. The van der Waals surface area contributed by atoms with Gasteiger partial charge in [0, 0.05) is 16.6 Å². The molecule has 0 aliphatic heterocycles. The van der Waals surface area contributed by atoms with Gasteiger partial charge in [0.05, 0.1) is 16.7 Å². The lowest BCUT2D eigenvalue weighted by molar-refractivity contribution is 0.0696. The molecule has 0 saturated heterocycles. The average Bonchev–Trinajstić information content (AvgIpc) is 2.41. The molecule has 9 nitrogen and oxygen atoms in total. The van der Waals surface area contributed by atoms with E-state index in [1.165, 1.54) is 0 Å². The van der Waals surface area contributed by atoms with E-state index in [1.54, 1.807) is 0 Å². The SMILES string of the molecule is CC(C)(C)N.CC(C)(C)N.CC(C)(C)N.O=C(O)c1cc(C(=O)O)cc(C(=O)O)c1. The zero-order valence-corrected chi connectivity index (χ0v) is 19.5. The molecule has 0 aliphatic rings. The summed E-state index contributed by atoms with van der Waals surface area (Å²) in [5.41, 5.74) is 15.0. The Kier molecular flexibility index (Phi) is 13.9. The van der Waals surface area contributed by atoms with Crippen LogP contribution in [0.4, 0.5) is 0 Å². The van der Waals surface area contributed by atoms with Gasteiger partial charge in [-0.1, -0.05) is 0 Å². The van der Waals surface area contributed by atoms with Crippen LogP contribution >= 0.6 is 0 Å². The van der Waals surface area contributed by atoms with E-state index in [0.717, 1.165) is 18.2 Å². The first-order valence-electron chi connectivity index (χ1n) is 9.13. The van der Waals surface area contributed by atoms with Crippen LogP contribution in [0.1, 0.15) is 93.4 Å². The maximum absolute atomic E-state index is 10.6. The van der Waals surface area contributed by atoms with Crippen molar-refractivity contribution < 1.29 is 29.7 Å². The number of rotatable bonds is 3. The van der Waals surface area contributed by atoms with Crippen LogP contribution in [0.2, 0.25) is 0 Å². The highest BCUT2D eigenvalue weighted by Crippen LogP contribution is 2.11. The lowest BCUT2D eigenvalue weighted by Crippen LogP contribution is -2.26. The average molecular weight is 430 g/mol. The lowest BCUT2D eigenvalue weighted by atomic mass is 10.1. The van der Waals surface area contributed by atoms with Gasteiger partial charge in [-0.15, -0.1) is 0 Å². The Morgan fingerprint density at radius 3 is 0.700 bits per heavy atom. The van der Waals surface area contributed by atoms with Gasteiger partial charge in [-0.3, -0.25) is 0 Å². The largest absolute Gasteiger partial charge is 0.478 e. The zero-order valence-electron chi connectivity index (χ0n) is 19.5. The molecule has 0 atom stereocenters. The molecule has 0 amide bonds. The van der Waals surface area contributed by atoms with Crippen LogP contribution in [0.3, 0.4) is 0 Å². The molecule has 0 aromatic heterocycles. The predicted octanol–water partition coefficient (Wildman–Crippen LogP) is 3.01. The van der Waals surface area contributed by atoms with Gasteiger partial charge < -0.3 is 32.5 Å². The number of carbonyl (C=O) groups is 3. The molecule has 9 N–H and O–H groups in total. The van der Waals surface area contributed by atoms with Gasteiger partial charge in [0.25, 0.3) is 0 Å². The van der Waals surface area contributed by atoms with Gasteiger partial charge in [-0.2, -0.15) is 0 Å². The minimum absolute atomic E-state index is 0. The summed E-state index contributed by atoms with van der Waals surface area (Å²) in [6.45, 7) is 17.7. The van der Waals surface area contributed by atoms with Crippen molar-refractivity contribution in [2.24, 2.45) is 17.2 Å². The molecule has 30 heavy (non-hydrogen) atoms. The van der Waals surface area contributed by atoms with Crippen LogP contribution in [0.5, 0.6) is 0 Å². The summed E-state index contributed by atoms with van der Waals surface area (Å²) in [7, 11) is 0. The van der Waals surface area contributed by atoms with Crippen molar-refractivity contribution in [3.63, 3.8) is 0 Å². The van der Waals surface area contributed by atoms with Crippen LogP contribution in [0, 0.1) is 0 Å². The van der Waals surface area contributed by atoms with Gasteiger partial charge in [0.15, 0.2) is 0 Å². The number of carboxylic acids is 3. The first-order valence-corrected chi connectivity index (χ1v) is 9.13. The molecule has 9 heteroatoms. The van der Waals surface area contributed by atoms with Crippen molar-refractivity contribution >= 4 is 17.9 Å². The van der Waals surface area contributed by atoms with Crippen LogP contribution < -0.4 is 17.2 Å². The first kappa shape index (κ1) is 32.2. The number of hydrogen-bond donors (Lipinski definition) is 6. The van der Waals surface area contributed by atoms with E-state index >= 15 is 0 Å². The molecule has 174 valence electrons. The van der Waals surface area contributed by atoms with Crippen molar-refractivity contribution in [2.45, 2.75) is 78.9 Å². The van der Waals surface area contributed by atoms with Gasteiger partial charge in [-0.25, -0.2) is 14.4 Å². The number of benzene rings is 1. The second-order valence-electron chi connectivity index (χ2n) is 9.81. The number of carboxylic acid groups (broad SMARTS) is 3. The second kappa shape index (κ2) is 12.9. The van der Waals surface area contributed by atoms with Crippen LogP contribution in [0.15, 0.2) is 18.2 Å². The summed E-state index contributed by atoms with van der Waals surface area (Å²) in [6.07, 6.45) is 0. The Morgan fingerprint density at radius 2 is 0.633 bits per heavy atom. The highest BCUT2D eigenvalue weighted by molar-refractivity contribution is 5.98. The monoisotopic (exact) mass is 429 g/mol. The summed E-state index contributed by atoms with van der Waals surface area (Å²) >= 11 is 0. The molecule has 0 fully saturated rings. The van der Waals surface area contributed by atoms with Gasteiger partial charge in [-0.05, 0) is 80.5 Å². The normalized spacial score (nSPS) is 10.8. The topological polar surface area (TPSA) is 190 Å². The fourth-order valence-corrected chi connectivity index (χ4v) is 0.998. The fourth-order valence-electron chi connectivity index (χ4n) is 0.998. The predicted molar refractivity (Wildman–Crippen MR) is 119 cm³/mol. The molecule has 0 saturated carbocycles. The number of hydrogen-bond acceptors (Lipinski definition) is 6. The Hall–Kier alpha value is -2.49.